The molecule has 1 heterocycles. The van der Waals surface area contributed by atoms with Crippen molar-refractivity contribution in [2.24, 2.45) is 5.16 Å². The first-order valence-corrected chi connectivity index (χ1v) is 7.47. The number of benzene rings is 1. The number of aromatic nitrogens is 1. The molecule has 2 aromatic rings. The van der Waals surface area contributed by atoms with Crippen molar-refractivity contribution in [3.05, 3.63) is 89.8 Å². The number of hydrogen-bond donors (Lipinski definition) is 0. The second kappa shape index (κ2) is 7.31. The first kappa shape index (κ1) is 14.9. The molecule has 0 radical (unpaired) electrons. The van der Waals surface area contributed by atoms with E-state index >= 15 is 0 Å². The zero-order valence-electron chi connectivity index (χ0n) is 12.6. The maximum Gasteiger partial charge on any atom is 0.365 e. The Morgan fingerprint density at radius 3 is 2.57 bits per heavy atom. The molecule has 0 atom stereocenters. The van der Waals surface area contributed by atoms with E-state index in [0.717, 1.165) is 18.4 Å². The Bertz CT molecular complexity index is 721. The molecule has 0 aliphatic heterocycles. The average Bonchev–Trinajstić information content (AvgIpc) is 2.64. The van der Waals surface area contributed by atoms with Crippen LogP contribution in [0.25, 0.3) is 0 Å². The zero-order chi connectivity index (χ0) is 15.9. The Kier molecular flexibility index (Phi) is 4.74. The average molecular weight is 304 g/mol. The van der Waals surface area contributed by atoms with Gasteiger partial charge in [0.1, 0.15) is 5.71 Å². The Morgan fingerprint density at radius 2 is 1.87 bits per heavy atom. The van der Waals surface area contributed by atoms with Crippen LogP contribution in [0.1, 0.15) is 24.1 Å². The molecule has 23 heavy (non-hydrogen) atoms. The van der Waals surface area contributed by atoms with Crippen molar-refractivity contribution in [2.75, 3.05) is 0 Å². The monoisotopic (exact) mass is 304 g/mol. The van der Waals surface area contributed by atoms with E-state index in [1.54, 1.807) is 12.3 Å². The van der Waals surface area contributed by atoms with Crippen molar-refractivity contribution in [1.82, 2.24) is 4.98 Å². The van der Waals surface area contributed by atoms with Crippen LogP contribution < -0.4 is 0 Å². The lowest BCUT2D eigenvalue weighted by atomic mass is 10.1. The van der Waals surface area contributed by atoms with E-state index in [9.17, 15) is 4.79 Å². The highest BCUT2D eigenvalue weighted by Crippen LogP contribution is 2.13. The van der Waals surface area contributed by atoms with Crippen LogP contribution in [0.5, 0.6) is 0 Å². The molecule has 0 N–H and O–H groups in total. The van der Waals surface area contributed by atoms with E-state index in [1.165, 1.54) is 0 Å². The van der Waals surface area contributed by atoms with Crippen molar-refractivity contribution in [3.8, 4) is 0 Å². The molecule has 0 bridgehead atoms. The van der Waals surface area contributed by atoms with Crippen molar-refractivity contribution < 1.29 is 9.63 Å². The van der Waals surface area contributed by atoms with Crippen LogP contribution >= 0.6 is 0 Å². The first-order chi connectivity index (χ1) is 11.3. The molecule has 0 amide bonds. The lowest BCUT2D eigenvalue weighted by molar-refractivity contribution is -0.138. The number of hydrogen-bond acceptors (Lipinski definition) is 4. The van der Waals surface area contributed by atoms with Gasteiger partial charge in [-0.05, 0) is 25.0 Å². The van der Waals surface area contributed by atoms with E-state index in [4.69, 9.17) is 4.84 Å². The molecule has 1 aromatic carbocycles. The fraction of sp³-hybridized carbons (Fsp3) is 0.105. The summed E-state index contributed by atoms with van der Waals surface area (Å²) in [6.07, 6.45) is 9.06. The summed E-state index contributed by atoms with van der Waals surface area (Å²) in [6.45, 7) is 0. The van der Waals surface area contributed by atoms with Crippen LogP contribution in [0.3, 0.4) is 0 Å². The van der Waals surface area contributed by atoms with Crippen LogP contribution in [0.4, 0.5) is 0 Å². The molecular weight excluding hydrogens is 288 g/mol. The summed E-state index contributed by atoms with van der Waals surface area (Å²) < 4.78 is 0. The molecule has 114 valence electrons. The van der Waals surface area contributed by atoms with Crippen molar-refractivity contribution in [2.45, 2.75) is 12.8 Å². The number of nitrogens with zero attached hydrogens (tertiary/aromatic N) is 2. The molecular formula is C19H16N2O2. The second-order valence-corrected chi connectivity index (χ2v) is 5.04. The van der Waals surface area contributed by atoms with Gasteiger partial charge in [-0.1, -0.05) is 59.8 Å². The second-order valence-electron chi connectivity index (χ2n) is 5.04. The van der Waals surface area contributed by atoms with Crippen LogP contribution in [0, 0.1) is 0 Å². The minimum absolute atomic E-state index is 0.453. The molecule has 3 rings (SSSR count). The van der Waals surface area contributed by atoms with Crippen LogP contribution in [-0.4, -0.2) is 16.7 Å². The lowest BCUT2D eigenvalue weighted by Gasteiger charge is -2.07. The van der Waals surface area contributed by atoms with Gasteiger partial charge in [0.25, 0.3) is 0 Å². The van der Waals surface area contributed by atoms with E-state index in [2.05, 4.69) is 10.1 Å². The number of pyridine rings is 1. The van der Waals surface area contributed by atoms with Gasteiger partial charge in [-0.15, -0.1) is 0 Å². The maximum atomic E-state index is 12.1. The molecule has 4 nitrogen and oxygen atoms in total. The highest BCUT2D eigenvalue weighted by atomic mass is 16.7. The molecule has 0 unspecified atom stereocenters. The molecule has 0 saturated carbocycles. The minimum atomic E-state index is -0.453. The van der Waals surface area contributed by atoms with E-state index in [0.29, 0.717) is 17.0 Å². The largest absolute Gasteiger partial charge is 0.365 e. The Hall–Kier alpha value is -3.01. The van der Waals surface area contributed by atoms with Gasteiger partial charge in [0.2, 0.25) is 0 Å². The number of carbonyl (C=O) groups excluding carboxylic acids is 1. The third-order valence-electron chi connectivity index (χ3n) is 3.41. The fourth-order valence-electron chi connectivity index (χ4n) is 2.25. The summed E-state index contributed by atoms with van der Waals surface area (Å²) in [4.78, 5) is 21.5. The summed E-state index contributed by atoms with van der Waals surface area (Å²) in [5.41, 5.74) is 2.56. The summed E-state index contributed by atoms with van der Waals surface area (Å²) in [7, 11) is 0. The highest BCUT2D eigenvalue weighted by Gasteiger charge is 2.13. The highest BCUT2D eigenvalue weighted by molar-refractivity contribution is 6.11. The Labute approximate surface area is 134 Å². The fourth-order valence-corrected chi connectivity index (χ4v) is 2.25. The van der Waals surface area contributed by atoms with Crippen LogP contribution in [-0.2, 0) is 9.63 Å². The van der Waals surface area contributed by atoms with E-state index in [1.807, 2.05) is 60.7 Å². The van der Waals surface area contributed by atoms with E-state index in [-0.39, 0.29) is 0 Å². The number of allylic oxidation sites excluding steroid dienone is 2. The summed E-state index contributed by atoms with van der Waals surface area (Å²) in [6, 6.07) is 15.1. The van der Waals surface area contributed by atoms with Gasteiger partial charge >= 0.3 is 5.97 Å². The standard InChI is InChI=1S/C19H16N2O2/c22-19(16-11-5-2-6-12-16)23-21-18(15-9-3-1-4-10-15)17-13-7-8-14-20-17/h1,3-5,7-14H,2,6H2/b21-18+. The van der Waals surface area contributed by atoms with Crippen LogP contribution in [0.15, 0.2) is 83.7 Å². The molecule has 1 aliphatic carbocycles. The smallest absolute Gasteiger partial charge is 0.312 e. The number of oxime groups is 1. The third-order valence-corrected chi connectivity index (χ3v) is 3.41. The predicted octanol–water partition coefficient (Wildman–Crippen LogP) is 3.65. The topological polar surface area (TPSA) is 51.5 Å². The molecule has 4 heteroatoms. The maximum absolute atomic E-state index is 12.1. The number of rotatable bonds is 4. The normalized spacial score (nSPS) is 14.3. The Morgan fingerprint density at radius 1 is 1.04 bits per heavy atom. The van der Waals surface area contributed by atoms with Gasteiger partial charge in [0.05, 0.1) is 11.3 Å². The van der Waals surface area contributed by atoms with Crippen molar-refractivity contribution in [1.29, 1.82) is 0 Å². The Balaban J connectivity index is 1.88. The van der Waals surface area contributed by atoms with Gasteiger partial charge in [-0.3, -0.25) is 4.98 Å². The van der Waals surface area contributed by atoms with Crippen molar-refractivity contribution >= 4 is 11.7 Å². The van der Waals surface area contributed by atoms with Crippen molar-refractivity contribution in [3.63, 3.8) is 0 Å². The molecule has 0 fully saturated rings. The molecule has 0 saturated heterocycles. The summed E-state index contributed by atoms with van der Waals surface area (Å²) in [5, 5.41) is 4.07. The van der Waals surface area contributed by atoms with Gasteiger partial charge in [-0.25, -0.2) is 4.79 Å². The quantitative estimate of drug-likeness (QED) is 0.492. The van der Waals surface area contributed by atoms with Crippen LogP contribution in [0.2, 0.25) is 0 Å². The zero-order valence-corrected chi connectivity index (χ0v) is 12.6. The first-order valence-electron chi connectivity index (χ1n) is 7.47. The lowest BCUT2D eigenvalue weighted by Crippen LogP contribution is -2.10. The molecule has 1 aliphatic rings. The SMILES string of the molecule is O=C(O/N=C(\c1ccccc1)c1ccccn1)C1=CCCC=C1. The van der Waals surface area contributed by atoms with E-state index < -0.39 is 5.97 Å². The molecule has 0 spiro atoms. The summed E-state index contributed by atoms with van der Waals surface area (Å²) in [5.74, 6) is -0.453. The number of carbonyl (C=O) groups is 1. The van der Waals surface area contributed by atoms with Gasteiger partial charge in [0.15, 0.2) is 0 Å². The van der Waals surface area contributed by atoms with Gasteiger partial charge < -0.3 is 4.84 Å². The molecule has 1 aromatic heterocycles. The predicted molar refractivity (Wildman–Crippen MR) is 88.9 cm³/mol. The third kappa shape index (κ3) is 3.80. The van der Waals surface area contributed by atoms with Gasteiger partial charge in [0, 0.05) is 11.8 Å². The minimum Gasteiger partial charge on any atom is -0.312 e. The summed E-state index contributed by atoms with van der Waals surface area (Å²) >= 11 is 0. The van der Waals surface area contributed by atoms with Gasteiger partial charge in [-0.2, -0.15) is 0 Å².